The van der Waals surface area contributed by atoms with Crippen LogP contribution in [0.5, 0.6) is 0 Å². The van der Waals surface area contributed by atoms with Gasteiger partial charge in [-0.05, 0) is 19.1 Å². The highest BCUT2D eigenvalue weighted by Gasteiger charge is 2.69. The second-order valence-electron chi connectivity index (χ2n) is 6.70. The van der Waals surface area contributed by atoms with Crippen molar-refractivity contribution in [2.24, 2.45) is 11.8 Å². The van der Waals surface area contributed by atoms with Crippen molar-refractivity contribution in [2.75, 3.05) is 6.61 Å². The Hall–Kier alpha value is -1.76. The average molecular weight is 318 g/mol. The summed E-state index contributed by atoms with van der Waals surface area (Å²) in [4.78, 5) is 24.4. The highest BCUT2D eigenvalue weighted by Crippen LogP contribution is 2.56. The molecule has 1 N–H and O–H groups in total. The third-order valence-corrected chi connectivity index (χ3v) is 5.22. The lowest BCUT2D eigenvalue weighted by Gasteiger charge is -2.44. The zero-order chi connectivity index (χ0) is 16.2. The van der Waals surface area contributed by atoms with E-state index >= 15 is 0 Å². The number of ether oxygens (including phenoxy) is 3. The smallest absolute Gasteiger partial charge is 0.338 e. The zero-order valence-corrected chi connectivity index (χ0v) is 12.7. The number of rotatable bonds is 3. The first-order valence-corrected chi connectivity index (χ1v) is 7.75. The maximum atomic E-state index is 12.3. The van der Waals surface area contributed by atoms with Crippen LogP contribution in [0.25, 0.3) is 0 Å². The molecule has 0 amide bonds. The van der Waals surface area contributed by atoms with E-state index in [0.717, 1.165) is 0 Å². The van der Waals surface area contributed by atoms with Crippen molar-refractivity contribution in [1.82, 2.24) is 0 Å². The molecule has 1 aromatic carbocycles. The van der Waals surface area contributed by atoms with Gasteiger partial charge < -0.3 is 19.3 Å². The number of Topliss-reactive ketones (excluding diaryl/α,β-unsaturated/α-hetero) is 1. The predicted octanol–water partition coefficient (Wildman–Crippen LogP) is 1.27. The third kappa shape index (κ3) is 2.13. The molecule has 1 aliphatic carbocycles. The van der Waals surface area contributed by atoms with Crippen LogP contribution < -0.4 is 0 Å². The van der Waals surface area contributed by atoms with E-state index in [-0.39, 0.29) is 31.1 Å². The molecule has 0 spiro atoms. The van der Waals surface area contributed by atoms with E-state index in [9.17, 15) is 14.7 Å². The maximum Gasteiger partial charge on any atom is 0.338 e. The number of carbonyl (C=O) groups excluding carboxylic acids is 2. The fraction of sp³-hybridized carbons (Fsp3) is 0.529. The summed E-state index contributed by atoms with van der Waals surface area (Å²) in [6.45, 7) is 1.72. The van der Waals surface area contributed by atoms with Gasteiger partial charge in [0.25, 0.3) is 0 Å². The molecule has 23 heavy (non-hydrogen) atoms. The second-order valence-corrected chi connectivity index (χ2v) is 6.70. The first kappa shape index (κ1) is 14.8. The van der Waals surface area contributed by atoms with E-state index in [1.54, 1.807) is 31.2 Å². The summed E-state index contributed by atoms with van der Waals surface area (Å²) in [6, 6.07) is 8.67. The molecule has 0 aromatic heterocycles. The summed E-state index contributed by atoms with van der Waals surface area (Å²) >= 11 is 0. The lowest BCUT2D eigenvalue weighted by molar-refractivity contribution is -0.271. The van der Waals surface area contributed by atoms with E-state index in [1.165, 1.54) is 0 Å². The van der Waals surface area contributed by atoms with Crippen LogP contribution in [0.2, 0.25) is 0 Å². The van der Waals surface area contributed by atoms with Gasteiger partial charge in [0.05, 0.1) is 11.5 Å². The Balaban J connectivity index is 1.50. The van der Waals surface area contributed by atoms with E-state index < -0.39 is 29.6 Å². The quantitative estimate of drug-likeness (QED) is 0.845. The molecule has 2 saturated heterocycles. The topological polar surface area (TPSA) is 82.1 Å². The third-order valence-electron chi connectivity index (χ3n) is 5.22. The maximum absolute atomic E-state index is 12.3. The highest BCUT2D eigenvalue weighted by molar-refractivity contribution is 5.89. The van der Waals surface area contributed by atoms with Crippen LogP contribution in [0.1, 0.15) is 30.1 Å². The molecular formula is C17H18O6. The van der Waals surface area contributed by atoms with Crippen LogP contribution in [0.15, 0.2) is 30.3 Å². The molecule has 2 heterocycles. The number of hydrogen-bond acceptors (Lipinski definition) is 6. The summed E-state index contributed by atoms with van der Waals surface area (Å²) in [6.07, 6.45) is -0.418. The molecule has 3 fully saturated rings. The second kappa shape index (κ2) is 4.87. The Morgan fingerprint density at radius 3 is 2.83 bits per heavy atom. The molecule has 1 aromatic rings. The lowest BCUT2D eigenvalue weighted by Crippen LogP contribution is -2.59. The van der Waals surface area contributed by atoms with Crippen LogP contribution in [-0.2, 0) is 19.0 Å². The summed E-state index contributed by atoms with van der Waals surface area (Å²) in [5, 5.41) is 10.6. The molecule has 4 rings (SSSR count). The van der Waals surface area contributed by atoms with Gasteiger partial charge in [0, 0.05) is 18.8 Å². The minimum atomic E-state index is -1.42. The van der Waals surface area contributed by atoms with Gasteiger partial charge in [-0.25, -0.2) is 4.79 Å². The average Bonchev–Trinajstić information content (AvgIpc) is 2.69. The largest absolute Gasteiger partial charge is 0.462 e. The van der Waals surface area contributed by atoms with Crippen LogP contribution in [0.3, 0.4) is 0 Å². The van der Waals surface area contributed by atoms with Crippen molar-refractivity contribution in [3.8, 4) is 0 Å². The highest BCUT2D eigenvalue weighted by atomic mass is 16.8. The van der Waals surface area contributed by atoms with E-state index in [1.807, 2.05) is 6.07 Å². The van der Waals surface area contributed by atoms with Crippen LogP contribution in [-0.4, -0.2) is 41.1 Å². The molecule has 6 nitrogen and oxygen atoms in total. The Morgan fingerprint density at radius 1 is 1.35 bits per heavy atom. The molecule has 1 unspecified atom stereocenters. The van der Waals surface area contributed by atoms with Gasteiger partial charge in [-0.2, -0.15) is 0 Å². The van der Waals surface area contributed by atoms with Gasteiger partial charge in [-0.1, -0.05) is 18.2 Å². The van der Waals surface area contributed by atoms with Crippen molar-refractivity contribution >= 4 is 11.8 Å². The molecule has 3 bridgehead atoms. The van der Waals surface area contributed by atoms with Gasteiger partial charge in [0.1, 0.15) is 18.0 Å². The first-order valence-electron chi connectivity index (χ1n) is 7.75. The normalized spacial score (nSPS) is 41.1. The Labute approximate surface area is 133 Å². The van der Waals surface area contributed by atoms with Crippen LogP contribution in [0.4, 0.5) is 0 Å². The number of benzene rings is 1. The molecule has 2 aliphatic heterocycles. The fourth-order valence-corrected chi connectivity index (χ4v) is 3.79. The number of hydrogen-bond donors (Lipinski definition) is 1. The van der Waals surface area contributed by atoms with Crippen molar-refractivity contribution in [3.63, 3.8) is 0 Å². The van der Waals surface area contributed by atoms with Gasteiger partial charge in [0.15, 0.2) is 12.1 Å². The summed E-state index contributed by atoms with van der Waals surface area (Å²) in [5.41, 5.74) is -0.556. The van der Waals surface area contributed by atoms with E-state index in [0.29, 0.717) is 5.56 Å². The monoisotopic (exact) mass is 318 g/mol. The van der Waals surface area contributed by atoms with Gasteiger partial charge >= 0.3 is 5.97 Å². The van der Waals surface area contributed by atoms with Crippen molar-refractivity contribution < 1.29 is 28.9 Å². The number of esters is 1. The molecular weight excluding hydrogens is 300 g/mol. The van der Waals surface area contributed by atoms with E-state index in [4.69, 9.17) is 14.2 Å². The molecule has 3 aliphatic rings. The standard InChI is InChI=1S/C17H18O6/c1-16-8-13(18)11-7-17(16,20)23-15(22-16)12(11)9-21-14(19)10-5-3-2-4-6-10/h2-6,11-12,15,20H,7-9H2,1H3/t11-,12?,15+,16-,17+/m0/s1. The van der Waals surface area contributed by atoms with Crippen molar-refractivity contribution in [3.05, 3.63) is 35.9 Å². The summed E-state index contributed by atoms with van der Waals surface area (Å²) < 4.78 is 16.8. The van der Waals surface area contributed by atoms with Gasteiger partial charge in [-0.3, -0.25) is 4.79 Å². The minimum absolute atomic E-state index is 0.0287. The summed E-state index contributed by atoms with van der Waals surface area (Å²) in [7, 11) is 0. The predicted molar refractivity (Wildman–Crippen MR) is 77.3 cm³/mol. The summed E-state index contributed by atoms with van der Waals surface area (Å²) in [5.74, 6) is -2.63. The number of aliphatic hydroxyl groups is 1. The van der Waals surface area contributed by atoms with Crippen LogP contribution in [0, 0.1) is 11.8 Å². The Kier molecular flexibility index (Phi) is 3.13. The Morgan fingerprint density at radius 2 is 2.09 bits per heavy atom. The fourth-order valence-electron chi connectivity index (χ4n) is 3.79. The lowest BCUT2D eigenvalue weighted by atomic mass is 9.70. The zero-order valence-electron chi connectivity index (χ0n) is 12.7. The van der Waals surface area contributed by atoms with Crippen LogP contribution >= 0.6 is 0 Å². The SMILES string of the molecule is C[C@]12CC(=O)[C@H]3C[C@@]1(O)O[C@@H](O2)C3COC(=O)c1ccccc1. The molecule has 6 heteroatoms. The number of ketones is 1. The first-order chi connectivity index (χ1) is 10.9. The molecule has 5 atom stereocenters. The molecule has 122 valence electrons. The van der Waals surface area contributed by atoms with Crippen molar-refractivity contribution in [1.29, 1.82) is 0 Å². The Bertz CT molecular complexity index is 658. The van der Waals surface area contributed by atoms with Gasteiger partial charge in [0.2, 0.25) is 0 Å². The number of carbonyl (C=O) groups is 2. The molecule has 0 radical (unpaired) electrons. The molecule has 1 saturated carbocycles. The van der Waals surface area contributed by atoms with E-state index in [2.05, 4.69) is 0 Å². The number of fused-ring (bicyclic) bond motifs is 2. The minimum Gasteiger partial charge on any atom is -0.462 e. The van der Waals surface area contributed by atoms with Crippen molar-refractivity contribution in [2.45, 2.75) is 37.4 Å². The van der Waals surface area contributed by atoms with Gasteiger partial charge in [-0.15, -0.1) is 0 Å².